The number of terminal acetylenes is 1. The van der Waals surface area contributed by atoms with Crippen LogP contribution < -0.4 is 10.9 Å². The van der Waals surface area contributed by atoms with Gasteiger partial charge >= 0.3 is 0 Å². The molecule has 0 saturated carbocycles. The fraction of sp³-hybridized carbons (Fsp3) is 0.400. The van der Waals surface area contributed by atoms with Crippen molar-refractivity contribution in [1.82, 2.24) is 14.9 Å². The Kier molecular flexibility index (Phi) is 4.53. The van der Waals surface area contributed by atoms with Crippen molar-refractivity contribution in [3.63, 3.8) is 0 Å². The van der Waals surface area contributed by atoms with Crippen molar-refractivity contribution in [3.8, 4) is 12.3 Å². The number of halogens is 1. The van der Waals surface area contributed by atoms with Crippen LogP contribution in [0.1, 0.15) is 5.82 Å². The number of aryl methyl sites for hydroxylation is 1. The van der Waals surface area contributed by atoms with Gasteiger partial charge in [-0.15, -0.1) is 6.42 Å². The topological polar surface area (TPSA) is 46.9 Å². The maximum Gasteiger partial charge on any atom is 0.267 e. The molecular weight excluding hydrogens is 258 g/mol. The van der Waals surface area contributed by atoms with Crippen LogP contribution in [-0.4, -0.2) is 22.6 Å². The van der Waals surface area contributed by atoms with Gasteiger partial charge in [0, 0.05) is 19.3 Å². The maximum absolute atomic E-state index is 11.7. The normalized spacial score (nSPS) is 9.93. The SMILES string of the molecule is C#CCNCCn1c(C)ncc(Br)c1=O. The summed E-state index contributed by atoms with van der Waals surface area (Å²) in [7, 11) is 0. The van der Waals surface area contributed by atoms with Gasteiger partial charge in [-0.05, 0) is 22.9 Å². The van der Waals surface area contributed by atoms with E-state index in [-0.39, 0.29) is 5.56 Å². The van der Waals surface area contributed by atoms with E-state index in [0.29, 0.717) is 29.9 Å². The van der Waals surface area contributed by atoms with Crippen molar-refractivity contribution in [1.29, 1.82) is 0 Å². The number of hydrogen-bond acceptors (Lipinski definition) is 3. The van der Waals surface area contributed by atoms with Gasteiger partial charge in [-0.1, -0.05) is 5.92 Å². The standard InChI is InChI=1S/C10H12BrN3O/c1-3-4-12-5-6-14-8(2)13-7-9(11)10(14)15/h1,7,12H,4-6H2,2H3. The highest BCUT2D eigenvalue weighted by Crippen LogP contribution is 2.00. The highest BCUT2D eigenvalue weighted by atomic mass is 79.9. The third-order valence-electron chi connectivity index (χ3n) is 1.94. The zero-order valence-corrected chi connectivity index (χ0v) is 10.0. The Morgan fingerprint density at radius 1 is 1.73 bits per heavy atom. The first kappa shape index (κ1) is 12.0. The molecule has 0 unspecified atom stereocenters. The second kappa shape index (κ2) is 5.69. The Balaban J connectivity index is 2.73. The Morgan fingerprint density at radius 2 is 2.47 bits per heavy atom. The van der Waals surface area contributed by atoms with Crippen LogP contribution >= 0.6 is 15.9 Å². The molecule has 0 aliphatic heterocycles. The third kappa shape index (κ3) is 3.18. The number of nitrogens with one attached hydrogen (secondary N) is 1. The number of nitrogens with zero attached hydrogens (tertiary/aromatic N) is 2. The van der Waals surface area contributed by atoms with E-state index in [0.717, 1.165) is 0 Å². The molecule has 0 fully saturated rings. The Bertz CT molecular complexity index is 433. The molecule has 1 N–H and O–H groups in total. The zero-order chi connectivity index (χ0) is 11.3. The predicted molar refractivity (Wildman–Crippen MR) is 62.6 cm³/mol. The fourth-order valence-electron chi connectivity index (χ4n) is 1.17. The van der Waals surface area contributed by atoms with E-state index in [1.165, 1.54) is 6.20 Å². The molecule has 0 aliphatic carbocycles. The van der Waals surface area contributed by atoms with Crippen molar-refractivity contribution in [2.75, 3.05) is 13.1 Å². The van der Waals surface area contributed by atoms with Gasteiger partial charge in [-0.3, -0.25) is 9.36 Å². The summed E-state index contributed by atoms with van der Waals surface area (Å²) in [4.78, 5) is 15.7. The summed E-state index contributed by atoms with van der Waals surface area (Å²) in [5.41, 5.74) is -0.0648. The minimum atomic E-state index is -0.0648. The van der Waals surface area contributed by atoms with Crippen LogP contribution in [0.25, 0.3) is 0 Å². The van der Waals surface area contributed by atoms with Gasteiger partial charge in [0.1, 0.15) is 10.3 Å². The van der Waals surface area contributed by atoms with Crippen molar-refractivity contribution in [2.45, 2.75) is 13.5 Å². The Labute approximate surface area is 96.8 Å². The van der Waals surface area contributed by atoms with E-state index in [2.05, 4.69) is 32.2 Å². The monoisotopic (exact) mass is 269 g/mol. The van der Waals surface area contributed by atoms with Crippen molar-refractivity contribution in [3.05, 3.63) is 26.8 Å². The molecular formula is C10H12BrN3O. The number of aromatic nitrogens is 2. The lowest BCUT2D eigenvalue weighted by Crippen LogP contribution is -2.29. The Hall–Kier alpha value is -1.12. The summed E-state index contributed by atoms with van der Waals surface area (Å²) in [5.74, 6) is 3.17. The van der Waals surface area contributed by atoms with Crippen LogP contribution in [0.5, 0.6) is 0 Å². The average molecular weight is 270 g/mol. The van der Waals surface area contributed by atoms with Gasteiger partial charge < -0.3 is 5.32 Å². The second-order valence-electron chi connectivity index (χ2n) is 2.99. The highest BCUT2D eigenvalue weighted by Gasteiger charge is 2.04. The lowest BCUT2D eigenvalue weighted by molar-refractivity contribution is 0.585. The molecule has 4 nitrogen and oxygen atoms in total. The molecule has 0 bridgehead atoms. The first-order valence-corrected chi connectivity index (χ1v) is 5.32. The molecule has 0 radical (unpaired) electrons. The van der Waals surface area contributed by atoms with Gasteiger partial charge in [0.25, 0.3) is 5.56 Å². The van der Waals surface area contributed by atoms with E-state index in [1.54, 1.807) is 11.5 Å². The van der Waals surface area contributed by atoms with Gasteiger partial charge in [0.15, 0.2) is 0 Å². The van der Waals surface area contributed by atoms with Gasteiger partial charge in [-0.2, -0.15) is 0 Å². The fourth-order valence-corrected chi connectivity index (χ4v) is 1.48. The summed E-state index contributed by atoms with van der Waals surface area (Å²) in [6, 6.07) is 0. The van der Waals surface area contributed by atoms with E-state index in [9.17, 15) is 4.79 Å². The van der Waals surface area contributed by atoms with E-state index in [1.807, 2.05) is 0 Å². The summed E-state index contributed by atoms with van der Waals surface area (Å²) >= 11 is 3.15. The smallest absolute Gasteiger partial charge is 0.267 e. The molecule has 0 aromatic carbocycles. The van der Waals surface area contributed by atoms with Crippen molar-refractivity contribution < 1.29 is 0 Å². The van der Waals surface area contributed by atoms with Crippen LogP contribution in [0.15, 0.2) is 15.5 Å². The number of hydrogen-bond donors (Lipinski definition) is 1. The minimum absolute atomic E-state index is 0.0648. The maximum atomic E-state index is 11.7. The lowest BCUT2D eigenvalue weighted by Gasteiger charge is -2.08. The van der Waals surface area contributed by atoms with Gasteiger partial charge in [-0.25, -0.2) is 4.98 Å². The largest absolute Gasteiger partial charge is 0.304 e. The molecule has 1 aromatic heterocycles. The van der Waals surface area contributed by atoms with Gasteiger partial charge in [0.2, 0.25) is 0 Å². The van der Waals surface area contributed by atoms with Gasteiger partial charge in [0.05, 0.1) is 6.54 Å². The molecule has 1 rings (SSSR count). The molecule has 0 atom stereocenters. The lowest BCUT2D eigenvalue weighted by atomic mass is 10.5. The second-order valence-corrected chi connectivity index (χ2v) is 3.85. The van der Waals surface area contributed by atoms with E-state index >= 15 is 0 Å². The summed E-state index contributed by atoms with van der Waals surface area (Å²) < 4.78 is 2.08. The molecule has 1 heterocycles. The molecule has 0 amide bonds. The molecule has 15 heavy (non-hydrogen) atoms. The van der Waals surface area contributed by atoms with E-state index < -0.39 is 0 Å². The molecule has 1 aromatic rings. The number of rotatable bonds is 4. The summed E-state index contributed by atoms with van der Waals surface area (Å²) in [6.07, 6.45) is 6.61. The highest BCUT2D eigenvalue weighted by molar-refractivity contribution is 9.10. The average Bonchev–Trinajstić information content (AvgIpc) is 2.23. The van der Waals surface area contributed by atoms with Crippen LogP contribution in [-0.2, 0) is 6.54 Å². The van der Waals surface area contributed by atoms with Crippen LogP contribution in [0, 0.1) is 19.3 Å². The zero-order valence-electron chi connectivity index (χ0n) is 8.46. The Morgan fingerprint density at radius 3 is 3.13 bits per heavy atom. The molecule has 5 heteroatoms. The molecule has 0 spiro atoms. The quantitative estimate of drug-likeness (QED) is 0.641. The summed E-state index contributed by atoms with van der Waals surface area (Å²) in [6.45, 7) is 3.53. The van der Waals surface area contributed by atoms with Crippen molar-refractivity contribution >= 4 is 15.9 Å². The third-order valence-corrected chi connectivity index (χ3v) is 2.49. The first-order valence-electron chi connectivity index (χ1n) is 4.53. The van der Waals surface area contributed by atoms with Crippen LogP contribution in [0.4, 0.5) is 0 Å². The molecule has 80 valence electrons. The van der Waals surface area contributed by atoms with E-state index in [4.69, 9.17) is 6.42 Å². The first-order chi connectivity index (χ1) is 7.16. The van der Waals surface area contributed by atoms with Crippen LogP contribution in [0.3, 0.4) is 0 Å². The summed E-state index contributed by atoms with van der Waals surface area (Å²) in [5, 5.41) is 3.02. The van der Waals surface area contributed by atoms with Crippen LogP contribution in [0.2, 0.25) is 0 Å². The minimum Gasteiger partial charge on any atom is -0.304 e. The van der Waals surface area contributed by atoms with Crippen molar-refractivity contribution in [2.24, 2.45) is 0 Å². The molecule has 0 saturated heterocycles. The predicted octanol–water partition coefficient (Wildman–Crippen LogP) is 0.537. The molecule has 0 aliphatic rings.